The van der Waals surface area contributed by atoms with Crippen molar-refractivity contribution in [2.75, 3.05) is 6.26 Å². The second-order valence-corrected chi connectivity index (χ2v) is 5.25. The topological polar surface area (TPSA) is 91.7 Å². The average molecular weight is 266 g/mol. The molecule has 1 aromatic carbocycles. The third-order valence-corrected chi connectivity index (χ3v) is 3.09. The Labute approximate surface area is 95.2 Å². The summed E-state index contributed by atoms with van der Waals surface area (Å²) in [6, 6.07) is 1.26. The van der Waals surface area contributed by atoms with Gasteiger partial charge in [-0.25, -0.2) is 22.0 Å². The van der Waals surface area contributed by atoms with E-state index in [1.807, 2.05) is 0 Å². The SMILES string of the molecule is CS(=O)(=O)c1c(F)ccc(C(O)C(=O)O)c1F. The molecule has 5 nitrogen and oxygen atoms in total. The number of carboxylic acids is 1. The van der Waals surface area contributed by atoms with Gasteiger partial charge in [-0.05, 0) is 12.1 Å². The molecule has 0 aliphatic heterocycles. The molecule has 1 aromatic rings. The Hall–Kier alpha value is -1.54. The molecule has 0 aliphatic rings. The molecule has 0 fully saturated rings. The maximum Gasteiger partial charge on any atom is 0.337 e. The number of hydrogen-bond acceptors (Lipinski definition) is 4. The number of rotatable bonds is 3. The molecule has 0 bridgehead atoms. The van der Waals surface area contributed by atoms with Gasteiger partial charge in [-0.15, -0.1) is 0 Å². The lowest BCUT2D eigenvalue weighted by Gasteiger charge is -2.10. The van der Waals surface area contributed by atoms with E-state index in [1.54, 1.807) is 0 Å². The summed E-state index contributed by atoms with van der Waals surface area (Å²) in [5.74, 6) is -4.70. The molecule has 0 saturated carbocycles. The van der Waals surface area contributed by atoms with E-state index in [0.29, 0.717) is 18.4 Å². The molecular formula is C9H8F2O5S. The number of sulfone groups is 1. The maximum absolute atomic E-state index is 13.6. The van der Waals surface area contributed by atoms with Crippen LogP contribution in [0.2, 0.25) is 0 Å². The molecule has 2 N–H and O–H groups in total. The maximum atomic E-state index is 13.6. The minimum Gasteiger partial charge on any atom is -0.479 e. The van der Waals surface area contributed by atoms with Crippen molar-refractivity contribution in [1.29, 1.82) is 0 Å². The summed E-state index contributed by atoms with van der Waals surface area (Å²) in [4.78, 5) is 9.18. The van der Waals surface area contributed by atoms with Gasteiger partial charge in [0, 0.05) is 11.8 Å². The van der Waals surface area contributed by atoms with Crippen LogP contribution in [-0.2, 0) is 14.6 Å². The number of halogens is 2. The number of carboxylic acid groups (broad SMARTS) is 1. The van der Waals surface area contributed by atoms with E-state index in [1.165, 1.54) is 0 Å². The number of carbonyl (C=O) groups is 1. The molecule has 0 aliphatic carbocycles. The zero-order valence-corrected chi connectivity index (χ0v) is 9.33. The Kier molecular flexibility index (Phi) is 3.48. The van der Waals surface area contributed by atoms with Gasteiger partial charge in [0.25, 0.3) is 0 Å². The van der Waals surface area contributed by atoms with Gasteiger partial charge in [0.2, 0.25) is 0 Å². The van der Waals surface area contributed by atoms with Crippen molar-refractivity contribution in [3.63, 3.8) is 0 Å². The van der Waals surface area contributed by atoms with E-state index in [-0.39, 0.29) is 0 Å². The number of aliphatic hydroxyl groups excluding tert-OH is 1. The van der Waals surface area contributed by atoms with E-state index >= 15 is 0 Å². The highest BCUT2D eigenvalue weighted by molar-refractivity contribution is 7.90. The quantitative estimate of drug-likeness (QED) is 0.830. The van der Waals surface area contributed by atoms with Gasteiger partial charge in [0.1, 0.15) is 10.7 Å². The van der Waals surface area contributed by atoms with Crippen molar-refractivity contribution in [2.45, 2.75) is 11.0 Å². The largest absolute Gasteiger partial charge is 0.479 e. The molecule has 94 valence electrons. The number of aliphatic hydroxyl groups is 1. The summed E-state index contributed by atoms with van der Waals surface area (Å²) in [6.07, 6.45) is -1.68. The van der Waals surface area contributed by atoms with Gasteiger partial charge in [-0.2, -0.15) is 0 Å². The Morgan fingerprint density at radius 1 is 1.35 bits per heavy atom. The summed E-state index contributed by atoms with van der Waals surface area (Å²) in [5.41, 5.74) is -0.806. The lowest BCUT2D eigenvalue weighted by atomic mass is 10.1. The summed E-state index contributed by atoms with van der Waals surface area (Å²) in [7, 11) is -4.20. The van der Waals surface area contributed by atoms with Crippen molar-refractivity contribution in [3.8, 4) is 0 Å². The molecule has 0 spiro atoms. The van der Waals surface area contributed by atoms with Crippen LogP contribution in [0.25, 0.3) is 0 Å². The second kappa shape index (κ2) is 4.38. The fourth-order valence-corrected chi connectivity index (χ4v) is 2.10. The van der Waals surface area contributed by atoms with Gasteiger partial charge in [0.15, 0.2) is 21.8 Å². The lowest BCUT2D eigenvalue weighted by Crippen LogP contribution is -2.15. The molecule has 0 radical (unpaired) electrons. The van der Waals surface area contributed by atoms with Crippen LogP contribution >= 0.6 is 0 Å². The van der Waals surface area contributed by atoms with E-state index < -0.39 is 44.0 Å². The minimum absolute atomic E-state index is 0.575. The zero-order valence-electron chi connectivity index (χ0n) is 8.52. The van der Waals surface area contributed by atoms with Crippen molar-refractivity contribution < 1.29 is 32.2 Å². The Balaban J connectivity index is 3.55. The minimum atomic E-state index is -4.20. The molecular weight excluding hydrogens is 258 g/mol. The molecule has 1 atom stereocenters. The molecule has 8 heteroatoms. The van der Waals surface area contributed by atoms with E-state index in [0.717, 1.165) is 0 Å². The van der Waals surface area contributed by atoms with Crippen LogP contribution in [-0.4, -0.2) is 30.9 Å². The van der Waals surface area contributed by atoms with Gasteiger partial charge in [0.05, 0.1) is 0 Å². The Bertz CT molecular complexity index is 567. The third kappa shape index (κ3) is 2.59. The molecule has 1 rings (SSSR count). The zero-order chi connectivity index (χ0) is 13.4. The molecule has 0 aromatic heterocycles. The van der Waals surface area contributed by atoms with Gasteiger partial charge in [-0.3, -0.25) is 0 Å². The van der Waals surface area contributed by atoms with Crippen molar-refractivity contribution in [1.82, 2.24) is 0 Å². The highest BCUT2D eigenvalue weighted by atomic mass is 32.2. The van der Waals surface area contributed by atoms with Crippen LogP contribution in [0.1, 0.15) is 11.7 Å². The standard InChI is InChI=1S/C9H8F2O5S/c1-17(15,16)8-5(10)3-2-4(6(8)11)7(12)9(13)14/h2-3,7,12H,1H3,(H,13,14). The molecule has 0 amide bonds. The summed E-state index contributed by atoms with van der Waals surface area (Å²) in [6.45, 7) is 0. The van der Waals surface area contributed by atoms with Crippen LogP contribution in [0.3, 0.4) is 0 Å². The number of aliphatic carboxylic acids is 1. The van der Waals surface area contributed by atoms with Crippen molar-refractivity contribution >= 4 is 15.8 Å². The van der Waals surface area contributed by atoms with Crippen LogP contribution in [0, 0.1) is 11.6 Å². The Morgan fingerprint density at radius 2 is 1.88 bits per heavy atom. The Morgan fingerprint density at radius 3 is 2.29 bits per heavy atom. The predicted molar refractivity (Wildman–Crippen MR) is 52.1 cm³/mol. The normalized spacial score (nSPS) is 13.4. The monoisotopic (exact) mass is 266 g/mol. The first-order chi connectivity index (χ1) is 7.66. The van der Waals surface area contributed by atoms with Crippen molar-refractivity contribution in [2.24, 2.45) is 0 Å². The van der Waals surface area contributed by atoms with Crippen LogP contribution in [0.5, 0.6) is 0 Å². The third-order valence-electron chi connectivity index (χ3n) is 1.98. The highest BCUT2D eigenvalue weighted by Crippen LogP contribution is 2.26. The van der Waals surface area contributed by atoms with E-state index in [9.17, 15) is 22.0 Å². The first-order valence-electron chi connectivity index (χ1n) is 4.25. The average Bonchev–Trinajstić information content (AvgIpc) is 2.14. The summed E-state index contributed by atoms with van der Waals surface area (Å²) < 4.78 is 49.0. The highest BCUT2D eigenvalue weighted by Gasteiger charge is 2.27. The fraction of sp³-hybridized carbons (Fsp3) is 0.222. The van der Waals surface area contributed by atoms with Gasteiger partial charge < -0.3 is 10.2 Å². The summed E-state index contributed by atoms with van der Waals surface area (Å²) >= 11 is 0. The molecule has 17 heavy (non-hydrogen) atoms. The first kappa shape index (κ1) is 13.5. The van der Waals surface area contributed by atoms with Crippen molar-refractivity contribution in [3.05, 3.63) is 29.3 Å². The van der Waals surface area contributed by atoms with Gasteiger partial charge in [-0.1, -0.05) is 0 Å². The van der Waals surface area contributed by atoms with E-state index in [2.05, 4.69) is 0 Å². The smallest absolute Gasteiger partial charge is 0.337 e. The molecule has 0 heterocycles. The molecule has 1 unspecified atom stereocenters. The summed E-state index contributed by atoms with van der Waals surface area (Å²) in [5, 5.41) is 17.6. The van der Waals surface area contributed by atoms with Crippen LogP contribution in [0.15, 0.2) is 17.0 Å². The fourth-order valence-electron chi connectivity index (χ4n) is 1.23. The van der Waals surface area contributed by atoms with Crippen LogP contribution in [0.4, 0.5) is 8.78 Å². The lowest BCUT2D eigenvalue weighted by molar-refractivity contribution is -0.147. The second-order valence-electron chi connectivity index (χ2n) is 3.29. The van der Waals surface area contributed by atoms with Gasteiger partial charge >= 0.3 is 5.97 Å². The van der Waals surface area contributed by atoms with Crippen LogP contribution < -0.4 is 0 Å². The predicted octanol–water partition coefficient (Wildman–Crippen LogP) is 0.486. The molecule has 0 saturated heterocycles. The number of hydrogen-bond donors (Lipinski definition) is 2. The number of benzene rings is 1. The first-order valence-corrected chi connectivity index (χ1v) is 6.14. The van der Waals surface area contributed by atoms with E-state index in [4.69, 9.17) is 10.2 Å².